The SMILES string of the molecule is Cc1cccc(Cl)c1C(=O)n1nc(-c2ccc(C(=O)O)cc2F)c2c1CCCC21CC1. The molecular weight excluding hydrogens is 419 g/mol. The maximum absolute atomic E-state index is 15.0. The van der Waals surface area contributed by atoms with Crippen LogP contribution in [0.2, 0.25) is 5.02 Å². The van der Waals surface area contributed by atoms with Crippen molar-refractivity contribution in [2.45, 2.75) is 44.4 Å². The van der Waals surface area contributed by atoms with Gasteiger partial charge in [0.2, 0.25) is 0 Å². The summed E-state index contributed by atoms with van der Waals surface area (Å²) >= 11 is 6.34. The number of carbonyl (C=O) groups excluding carboxylic acids is 1. The van der Waals surface area contributed by atoms with Gasteiger partial charge in [-0.2, -0.15) is 9.78 Å². The zero-order valence-corrected chi connectivity index (χ0v) is 17.7. The number of carbonyl (C=O) groups is 2. The molecule has 1 aromatic heterocycles. The van der Waals surface area contributed by atoms with E-state index in [4.69, 9.17) is 16.7 Å². The first-order chi connectivity index (χ1) is 14.8. The summed E-state index contributed by atoms with van der Waals surface area (Å²) < 4.78 is 16.4. The quantitative estimate of drug-likeness (QED) is 0.593. The van der Waals surface area contributed by atoms with Gasteiger partial charge in [-0.25, -0.2) is 9.18 Å². The number of aryl methyl sites for hydroxylation is 1. The fourth-order valence-electron chi connectivity index (χ4n) is 4.82. The van der Waals surface area contributed by atoms with Crippen LogP contribution in [0.5, 0.6) is 0 Å². The van der Waals surface area contributed by atoms with Crippen molar-refractivity contribution < 1.29 is 19.1 Å². The van der Waals surface area contributed by atoms with Crippen LogP contribution in [0.1, 0.15) is 63.2 Å². The van der Waals surface area contributed by atoms with E-state index in [2.05, 4.69) is 5.10 Å². The van der Waals surface area contributed by atoms with Gasteiger partial charge in [0.25, 0.3) is 5.91 Å². The molecule has 7 heteroatoms. The van der Waals surface area contributed by atoms with E-state index < -0.39 is 11.8 Å². The smallest absolute Gasteiger partial charge is 0.335 e. The largest absolute Gasteiger partial charge is 0.478 e. The van der Waals surface area contributed by atoms with Crippen LogP contribution in [0.4, 0.5) is 4.39 Å². The number of nitrogens with zero attached hydrogens (tertiary/aromatic N) is 2. The summed E-state index contributed by atoms with van der Waals surface area (Å²) in [7, 11) is 0. The van der Waals surface area contributed by atoms with Gasteiger partial charge in [0.05, 0.1) is 27.5 Å². The molecule has 2 aliphatic rings. The van der Waals surface area contributed by atoms with Crippen LogP contribution in [0.3, 0.4) is 0 Å². The lowest BCUT2D eigenvalue weighted by Gasteiger charge is -2.23. The van der Waals surface area contributed by atoms with Crippen molar-refractivity contribution in [3.8, 4) is 11.3 Å². The molecule has 1 N–H and O–H groups in total. The van der Waals surface area contributed by atoms with Gasteiger partial charge < -0.3 is 5.11 Å². The summed E-state index contributed by atoms with van der Waals surface area (Å²) in [5.74, 6) is -2.18. The molecule has 0 aliphatic heterocycles. The van der Waals surface area contributed by atoms with Gasteiger partial charge >= 0.3 is 5.97 Å². The Balaban J connectivity index is 1.72. The monoisotopic (exact) mass is 438 g/mol. The third-order valence-electron chi connectivity index (χ3n) is 6.53. The topological polar surface area (TPSA) is 72.2 Å². The first kappa shape index (κ1) is 19.9. The molecule has 2 aliphatic carbocycles. The molecule has 1 spiro atoms. The number of aromatic carboxylic acids is 1. The van der Waals surface area contributed by atoms with E-state index in [9.17, 15) is 14.0 Å². The van der Waals surface area contributed by atoms with Crippen molar-refractivity contribution >= 4 is 23.5 Å². The lowest BCUT2D eigenvalue weighted by atomic mass is 9.81. The Kier molecular flexibility index (Phi) is 4.52. The number of aromatic nitrogens is 2. The number of halogens is 2. The fraction of sp³-hybridized carbons (Fsp3) is 0.292. The summed E-state index contributed by atoms with van der Waals surface area (Å²) in [6.07, 6.45) is 4.55. The van der Waals surface area contributed by atoms with Crippen molar-refractivity contribution in [3.63, 3.8) is 0 Å². The number of benzene rings is 2. The van der Waals surface area contributed by atoms with E-state index in [1.54, 1.807) is 12.1 Å². The van der Waals surface area contributed by atoms with Crippen molar-refractivity contribution in [2.75, 3.05) is 0 Å². The summed E-state index contributed by atoms with van der Waals surface area (Å²) in [4.78, 5) is 24.7. The average Bonchev–Trinajstić information content (AvgIpc) is 3.37. The van der Waals surface area contributed by atoms with Crippen molar-refractivity contribution in [3.05, 3.63) is 75.2 Å². The molecule has 0 atom stereocenters. The van der Waals surface area contributed by atoms with Gasteiger partial charge in [-0.1, -0.05) is 23.7 Å². The highest BCUT2D eigenvalue weighted by atomic mass is 35.5. The van der Waals surface area contributed by atoms with E-state index in [-0.39, 0.29) is 22.4 Å². The van der Waals surface area contributed by atoms with Gasteiger partial charge in [0, 0.05) is 11.1 Å². The van der Waals surface area contributed by atoms with Crippen molar-refractivity contribution in [1.82, 2.24) is 9.78 Å². The molecule has 5 rings (SSSR count). The van der Waals surface area contributed by atoms with Crippen molar-refractivity contribution in [1.29, 1.82) is 0 Å². The fourth-order valence-corrected chi connectivity index (χ4v) is 5.12. The Morgan fingerprint density at radius 1 is 1.19 bits per heavy atom. The predicted octanol–water partition coefficient (Wildman–Crippen LogP) is 5.41. The van der Waals surface area contributed by atoms with Gasteiger partial charge in [0.1, 0.15) is 5.82 Å². The van der Waals surface area contributed by atoms with Crippen LogP contribution in [0, 0.1) is 12.7 Å². The average molecular weight is 439 g/mol. The molecule has 0 unspecified atom stereocenters. The molecule has 3 aromatic rings. The molecular formula is C24H20ClFN2O3. The van der Waals surface area contributed by atoms with E-state index in [1.807, 2.05) is 13.0 Å². The highest BCUT2D eigenvalue weighted by molar-refractivity contribution is 6.34. The van der Waals surface area contributed by atoms with Crippen LogP contribution in [-0.4, -0.2) is 26.8 Å². The van der Waals surface area contributed by atoms with Gasteiger partial charge in [-0.05, 0) is 74.3 Å². The Morgan fingerprint density at radius 2 is 1.97 bits per heavy atom. The zero-order chi connectivity index (χ0) is 21.9. The Hall–Kier alpha value is -2.99. The van der Waals surface area contributed by atoms with E-state index in [0.29, 0.717) is 22.7 Å². The molecule has 0 amide bonds. The minimum atomic E-state index is -1.19. The first-order valence-corrected chi connectivity index (χ1v) is 10.7. The number of hydrogen-bond donors (Lipinski definition) is 1. The molecule has 1 saturated carbocycles. The summed E-state index contributed by atoms with van der Waals surface area (Å²) in [6.45, 7) is 1.82. The van der Waals surface area contributed by atoms with Crippen LogP contribution >= 0.6 is 11.6 Å². The molecule has 0 bridgehead atoms. The summed E-state index contributed by atoms with van der Waals surface area (Å²) in [5, 5.41) is 14.1. The van der Waals surface area contributed by atoms with E-state index in [0.717, 1.165) is 48.6 Å². The van der Waals surface area contributed by atoms with Gasteiger partial charge in [-0.3, -0.25) is 4.79 Å². The third-order valence-corrected chi connectivity index (χ3v) is 6.85. The number of hydrogen-bond acceptors (Lipinski definition) is 3. The third kappa shape index (κ3) is 3.08. The number of carboxylic acid groups (broad SMARTS) is 1. The van der Waals surface area contributed by atoms with Gasteiger partial charge in [0.15, 0.2) is 0 Å². The molecule has 2 aromatic carbocycles. The van der Waals surface area contributed by atoms with Crippen LogP contribution < -0.4 is 0 Å². The predicted molar refractivity (Wildman–Crippen MR) is 114 cm³/mol. The first-order valence-electron chi connectivity index (χ1n) is 10.3. The van der Waals surface area contributed by atoms with Gasteiger partial charge in [-0.15, -0.1) is 0 Å². The lowest BCUT2D eigenvalue weighted by Crippen LogP contribution is -2.22. The molecule has 31 heavy (non-hydrogen) atoms. The molecule has 0 radical (unpaired) electrons. The standard InChI is InChI=1S/C24H20ClFN2O3/c1-13-4-2-5-16(25)19(13)22(29)28-18-6-3-9-24(10-11-24)20(18)21(27-28)15-8-7-14(23(30)31)12-17(15)26/h2,4-5,7-8,12H,3,6,9-11H2,1H3,(H,30,31). The van der Waals surface area contributed by atoms with E-state index in [1.165, 1.54) is 16.8 Å². The molecule has 5 nitrogen and oxygen atoms in total. The minimum absolute atomic E-state index is 0.0745. The highest BCUT2D eigenvalue weighted by Crippen LogP contribution is 2.58. The van der Waals surface area contributed by atoms with E-state index >= 15 is 0 Å². The maximum Gasteiger partial charge on any atom is 0.335 e. The second-order valence-corrected chi connectivity index (χ2v) is 8.86. The molecule has 0 saturated heterocycles. The molecule has 1 fully saturated rings. The number of rotatable bonds is 3. The summed E-state index contributed by atoms with van der Waals surface area (Å²) in [6, 6.07) is 9.10. The van der Waals surface area contributed by atoms with Crippen LogP contribution in [0.25, 0.3) is 11.3 Å². The molecule has 1 heterocycles. The Labute approximate surface area is 183 Å². The number of fused-ring (bicyclic) bond motifs is 2. The number of carboxylic acids is 1. The van der Waals surface area contributed by atoms with Crippen molar-refractivity contribution in [2.24, 2.45) is 0 Å². The zero-order valence-electron chi connectivity index (χ0n) is 16.9. The lowest BCUT2D eigenvalue weighted by molar-refractivity contribution is 0.0696. The molecule has 158 valence electrons. The normalized spacial score (nSPS) is 16.2. The Bertz CT molecular complexity index is 1240. The maximum atomic E-state index is 15.0. The Morgan fingerprint density at radius 3 is 2.61 bits per heavy atom. The summed E-state index contributed by atoms with van der Waals surface area (Å²) in [5.41, 5.74) is 3.32. The second-order valence-electron chi connectivity index (χ2n) is 8.45. The minimum Gasteiger partial charge on any atom is -0.478 e. The van der Waals surface area contributed by atoms with Crippen LogP contribution in [0.15, 0.2) is 36.4 Å². The second kappa shape index (κ2) is 7.02. The highest BCUT2D eigenvalue weighted by Gasteiger charge is 2.51. The van der Waals surface area contributed by atoms with Crippen LogP contribution in [-0.2, 0) is 11.8 Å².